The normalized spacial score (nSPS) is 10.4. The van der Waals surface area contributed by atoms with Gasteiger partial charge >= 0.3 is 0 Å². The summed E-state index contributed by atoms with van der Waals surface area (Å²) in [6.45, 7) is 4.82. The minimum atomic E-state index is 0.777. The number of aromatic nitrogens is 1. The van der Waals surface area contributed by atoms with Crippen LogP contribution in [-0.2, 0) is 6.54 Å². The number of aryl methyl sites for hydroxylation is 2. The molecular formula is C12H15N3S. The molecule has 0 fully saturated rings. The van der Waals surface area contributed by atoms with Gasteiger partial charge < -0.3 is 11.1 Å². The second-order valence-electron chi connectivity index (χ2n) is 3.79. The molecule has 3 nitrogen and oxygen atoms in total. The van der Waals surface area contributed by atoms with Gasteiger partial charge in [0, 0.05) is 11.1 Å². The maximum atomic E-state index is 5.92. The van der Waals surface area contributed by atoms with E-state index in [0.29, 0.717) is 0 Å². The number of nitrogens with one attached hydrogen (secondary N) is 1. The van der Waals surface area contributed by atoms with E-state index in [9.17, 15) is 0 Å². The summed E-state index contributed by atoms with van der Waals surface area (Å²) < 4.78 is 0. The number of nitrogens with zero attached hydrogens (tertiary/aromatic N) is 1. The molecule has 1 aromatic heterocycles. The number of thiazole rings is 1. The highest BCUT2D eigenvalue weighted by molar-refractivity contribution is 7.11. The Hall–Kier alpha value is -1.55. The second-order valence-corrected chi connectivity index (χ2v) is 5.11. The maximum Gasteiger partial charge on any atom is 0.0897 e. The van der Waals surface area contributed by atoms with Crippen LogP contribution in [0.25, 0.3) is 0 Å². The monoisotopic (exact) mass is 233 g/mol. The van der Waals surface area contributed by atoms with Crippen molar-refractivity contribution in [1.82, 2.24) is 4.98 Å². The number of hydrogen-bond donors (Lipinski definition) is 2. The van der Waals surface area contributed by atoms with Crippen molar-refractivity contribution in [3.63, 3.8) is 0 Å². The molecule has 0 atom stereocenters. The fourth-order valence-corrected chi connectivity index (χ4v) is 2.25. The summed E-state index contributed by atoms with van der Waals surface area (Å²) >= 11 is 1.70. The van der Waals surface area contributed by atoms with Gasteiger partial charge in [-0.25, -0.2) is 4.98 Å². The van der Waals surface area contributed by atoms with Gasteiger partial charge in [0.25, 0.3) is 0 Å². The van der Waals surface area contributed by atoms with Crippen LogP contribution in [-0.4, -0.2) is 4.98 Å². The Bertz CT molecular complexity index is 491. The van der Waals surface area contributed by atoms with Crippen LogP contribution in [0.15, 0.2) is 24.4 Å². The van der Waals surface area contributed by atoms with Crippen molar-refractivity contribution in [2.24, 2.45) is 0 Å². The van der Waals surface area contributed by atoms with Crippen LogP contribution in [0.3, 0.4) is 0 Å². The SMILES string of the molecule is Cc1ccc(NCc2cnc(C)s2)c(N)c1. The van der Waals surface area contributed by atoms with Crippen LogP contribution in [0.5, 0.6) is 0 Å². The molecule has 1 heterocycles. The average Bonchev–Trinajstić information content (AvgIpc) is 2.63. The summed E-state index contributed by atoms with van der Waals surface area (Å²) in [5.41, 5.74) is 8.87. The van der Waals surface area contributed by atoms with E-state index in [1.54, 1.807) is 11.3 Å². The van der Waals surface area contributed by atoms with Gasteiger partial charge in [-0.15, -0.1) is 11.3 Å². The zero-order valence-electron chi connectivity index (χ0n) is 9.45. The van der Waals surface area contributed by atoms with E-state index in [1.807, 2.05) is 32.2 Å². The van der Waals surface area contributed by atoms with Gasteiger partial charge in [-0.2, -0.15) is 0 Å². The highest BCUT2D eigenvalue weighted by Crippen LogP contribution is 2.21. The van der Waals surface area contributed by atoms with Crippen LogP contribution in [0, 0.1) is 13.8 Å². The fourth-order valence-electron chi connectivity index (χ4n) is 1.51. The lowest BCUT2D eigenvalue weighted by Gasteiger charge is -2.08. The minimum Gasteiger partial charge on any atom is -0.397 e. The van der Waals surface area contributed by atoms with E-state index in [4.69, 9.17) is 5.73 Å². The number of nitrogen functional groups attached to an aromatic ring is 1. The molecule has 4 heteroatoms. The molecule has 3 N–H and O–H groups in total. The predicted octanol–water partition coefficient (Wildman–Crippen LogP) is 2.95. The molecule has 0 radical (unpaired) electrons. The summed E-state index contributed by atoms with van der Waals surface area (Å²) in [5.74, 6) is 0. The Balaban J connectivity index is 2.04. The van der Waals surface area contributed by atoms with Gasteiger partial charge in [-0.1, -0.05) is 6.07 Å². The lowest BCUT2D eigenvalue weighted by atomic mass is 10.2. The third-order valence-electron chi connectivity index (χ3n) is 2.33. The van der Waals surface area contributed by atoms with E-state index < -0.39 is 0 Å². The number of benzene rings is 1. The number of nitrogens with two attached hydrogens (primary N) is 1. The highest BCUT2D eigenvalue weighted by Gasteiger charge is 2.01. The first-order valence-electron chi connectivity index (χ1n) is 5.16. The summed E-state index contributed by atoms with van der Waals surface area (Å²) in [7, 11) is 0. The Morgan fingerprint density at radius 3 is 2.81 bits per heavy atom. The zero-order chi connectivity index (χ0) is 11.5. The third-order valence-corrected chi connectivity index (χ3v) is 3.24. The molecule has 0 aliphatic carbocycles. The molecule has 2 aromatic rings. The highest BCUT2D eigenvalue weighted by atomic mass is 32.1. The van der Waals surface area contributed by atoms with E-state index >= 15 is 0 Å². The van der Waals surface area contributed by atoms with Gasteiger partial charge in [0.2, 0.25) is 0 Å². The molecule has 2 rings (SSSR count). The molecule has 0 aliphatic rings. The van der Waals surface area contributed by atoms with E-state index in [1.165, 1.54) is 10.4 Å². The third kappa shape index (κ3) is 2.52. The molecule has 0 bridgehead atoms. The smallest absolute Gasteiger partial charge is 0.0897 e. The van der Waals surface area contributed by atoms with Gasteiger partial charge in [0.15, 0.2) is 0 Å². The van der Waals surface area contributed by atoms with Crippen LogP contribution in [0.1, 0.15) is 15.4 Å². The van der Waals surface area contributed by atoms with Gasteiger partial charge in [-0.3, -0.25) is 0 Å². The van der Waals surface area contributed by atoms with Crippen molar-refractivity contribution in [3.05, 3.63) is 39.8 Å². The number of hydrogen-bond acceptors (Lipinski definition) is 4. The molecular weight excluding hydrogens is 218 g/mol. The summed E-state index contributed by atoms with van der Waals surface area (Å²) in [5, 5.41) is 4.41. The number of anilines is 2. The molecule has 0 amide bonds. The standard InChI is InChI=1S/C12H15N3S/c1-8-3-4-12(11(13)5-8)15-7-10-6-14-9(2)16-10/h3-6,15H,7,13H2,1-2H3. The fraction of sp³-hybridized carbons (Fsp3) is 0.250. The Morgan fingerprint density at radius 2 is 2.19 bits per heavy atom. The van der Waals surface area contributed by atoms with Crippen molar-refractivity contribution in [2.75, 3.05) is 11.1 Å². The first-order chi connectivity index (χ1) is 7.65. The Labute approximate surface area is 99.3 Å². The molecule has 84 valence electrons. The van der Waals surface area contributed by atoms with Gasteiger partial charge in [-0.05, 0) is 31.5 Å². The van der Waals surface area contributed by atoms with Crippen molar-refractivity contribution in [1.29, 1.82) is 0 Å². The first-order valence-corrected chi connectivity index (χ1v) is 5.98. The van der Waals surface area contributed by atoms with Crippen LogP contribution < -0.4 is 11.1 Å². The van der Waals surface area contributed by atoms with Crippen molar-refractivity contribution >= 4 is 22.7 Å². The maximum absolute atomic E-state index is 5.92. The second kappa shape index (κ2) is 4.53. The Kier molecular flexibility index (Phi) is 3.10. The van der Waals surface area contributed by atoms with Crippen LogP contribution in [0.4, 0.5) is 11.4 Å². The summed E-state index contributed by atoms with van der Waals surface area (Å²) in [6, 6.07) is 6.04. The van der Waals surface area contributed by atoms with Crippen molar-refractivity contribution in [2.45, 2.75) is 20.4 Å². The molecule has 0 spiro atoms. The lowest BCUT2D eigenvalue weighted by Crippen LogP contribution is -2.01. The van der Waals surface area contributed by atoms with E-state index in [2.05, 4.69) is 16.4 Å². The largest absolute Gasteiger partial charge is 0.397 e. The summed E-state index contributed by atoms with van der Waals surface area (Å²) in [6.07, 6.45) is 1.90. The van der Waals surface area contributed by atoms with Crippen LogP contribution in [0.2, 0.25) is 0 Å². The Morgan fingerprint density at radius 1 is 1.38 bits per heavy atom. The van der Waals surface area contributed by atoms with Crippen molar-refractivity contribution < 1.29 is 0 Å². The van der Waals surface area contributed by atoms with E-state index in [-0.39, 0.29) is 0 Å². The predicted molar refractivity (Wildman–Crippen MR) is 69.8 cm³/mol. The molecule has 1 aromatic carbocycles. The first kappa shape index (κ1) is 11.0. The van der Waals surface area contributed by atoms with E-state index in [0.717, 1.165) is 22.9 Å². The van der Waals surface area contributed by atoms with Crippen molar-refractivity contribution in [3.8, 4) is 0 Å². The topological polar surface area (TPSA) is 50.9 Å². The lowest BCUT2D eigenvalue weighted by molar-refractivity contribution is 1.17. The average molecular weight is 233 g/mol. The molecule has 0 saturated heterocycles. The summed E-state index contributed by atoms with van der Waals surface area (Å²) in [4.78, 5) is 5.43. The van der Waals surface area contributed by atoms with Crippen LogP contribution >= 0.6 is 11.3 Å². The minimum absolute atomic E-state index is 0.777. The zero-order valence-corrected chi connectivity index (χ0v) is 10.3. The number of rotatable bonds is 3. The van der Waals surface area contributed by atoms with Gasteiger partial charge in [0.1, 0.15) is 0 Å². The quantitative estimate of drug-likeness (QED) is 0.801. The molecule has 0 aliphatic heterocycles. The molecule has 0 saturated carbocycles. The molecule has 16 heavy (non-hydrogen) atoms. The molecule has 0 unspecified atom stereocenters. The van der Waals surface area contributed by atoms with Gasteiger partial charge in [0.05, 0.1) is 22.9 Å².